The van der Waals surface area contributed by atoms with Crippen molar-refractivity contribution in [3.63, 3.8) is 0 Å². The second kappa shape index (κ2) is 4.02. The summed E-state index contributed by atoms with van der Waals surface area (Å²) in [5.74, 6) is 0.498. The van der Waals surface area contributed by atoms with E-state index >= 15 is 0 Å². The van der Waals surface area contributed by atoms with Gasteiger partial charge in [0.05, 0.1) is 0 Å². The van der Waals surface area contributed by atoms with Crippen LogP contribution in [0.5, 0.6) is 0 Å². The third-order valence-corrected chi connectivity index (χ3v) is 2.84. The van der Waals surface area contributed by atoms with Crippen molar-refractivity contribution in [2.45, 2.75) is 19.3 Å². The van der Waals surface area contributed by atoms with Crippen molar-refractivity contribution in [1.82, 2.24) is 0 Å². The zero-order valence-corrected chi connectivity index (χ0v) is 8.96. The maximum absolute atomic E-state index is 5.87. The van der Waals surface area contributed by atoms with E-state index in [2.05, 4.69) is 43.3 Å². The van der Waals surface area contributed by atoms with Gasteiger partial charge >= 0.3 is 0 Å². The minimum Gasteiger partial charge on any atom is -0.0847 e. The molecule has 1 unspecified atom stereocenters. The van der Waals surface area contributed by atoms with E-state index in [1.807, 2.05) is 6.08 Å². The van der Waals surface area contributed by atoms with Gasteiger partial charge in [-0.15, -0.1) is 0 Å². The summed E-state index contributed by atoms with van der Waals surface area (Å²) in [6.07, 6.45) is 7.24. The highest BCUT2D eigenvalue weighted by molar-refractivity contribution is 6.31. The van der Waals surface area contributed by atoms with E-state index in [0.29, 0.717) is 5.92 Å². The molecule has 0 amide bonds. The fourth-order valence-corrected chi connectivity index (χ4v) is 1.82. The predicted molar refractivity (Wildman–Crippen MR) is 61.6 cm³/mol. The van der Waals surface area contributed by atoms with Crippen molar-refractivity contribution in [3.05, 3.63) is 58.7 Å². The Hall–Kier alpha value is -1.01. The van der Waals surface area contributed by atoms with E-state index in [9.17, 15) is 0 Å². The van der Waals surface area contributed by atoms with E-state index in [1.54, 1.807) is 0 Å². The molecule has 0 nitrogen and oxygen atoms in total. The summed E-state index contributed by atoms with van der Waals surface area (Å²) in [4.78, 5) is 0. The van der Waals surface area contributed by atoms with Crippen LogP contribution in [0.3, 0.4) is 0 Å². The van der Waals surface area contributed by atoms with Crippen molar-refractivity contribution in [3.8, 4) is 0 Å². The van der Waals surface area contributed by atoms with Crippen LogP contribution in [0.25, 0.3) is 0 Å². The van der Waals surface area contributed by atoms with Gasteiger partial charge in [0.2, 0.25) is 0 Å². The lowest BCUT2D eigenvalue weighted by Gasteiger charge is -2.14. The first-order valence-electron chi connectivity index (χ1n) is 4.86. The van der Waals surface area contributed by atoms with Crippen LogP contribution >= 0.6 is 11.6 Å². The Labute approximate surface area is 89.9 Å². The van der Waals surface area contributed by atoms with Gasteiger partial charge in [0.15, 0.2) is 0 Å². The van der Waals surface area contributed by atoms with Gasteiger partial charge in [-0.05, 0) is 25.0 Å². The molecule has 1 aromatic carbocycles. The topological polar surface area (TPSA) is 0 Å². The van der Waals surface area contributed by atoms with Gasteiger partial charge in [0.1, 0.15) is 0 Å². The summed E-state index contributed by atoms with van der Waals surface area (Å²) in [7, 11) is 0. The minimum atomic E-state index is 0.498. The fourth-order valence-electron chi connectivity index (χ4n) is 1.66. The Balaban J connectivity index is 2.18. The molecule has 1 atom stereocenters. The van der Waals surface area contributed by atoms with Crippen molar-refractivity contribution in [2.75, 3.05) is 0 Å². The van der Waals surface area contributed by atoms with Crippen molar-refractivity contribution >= 4 is 11.6 Å². The van der Waals surface area contributed by atoms with Crippen LogP contribution in [0, 0.1) is 6.92 Å². The zero-order chi connectivity index (χ0) is 9.97. The summed E-state index contributed by atoms with van der Waals surface area (Å²) in [5.41, 5.74) is 2.68. The van der Waals surface area contributed by atoms with Gasteiger partial charge in [0, 0.05) is 11.0 Å². The summed E-state index contributed by atoms with van der Waals surface area (Å²) in [6, 6.07) is 8.70. The molecule has 0 fully saturated rings. The Morgan fingerprint density at radius 2 is 1.93 bits per heavy atom. The number of hydrogen-bond donors (Lipinski definition) is 0. The van der Waals surface area contributed by atoms with Gasteiger partial charge in [-0.2, -0.15) is 0 Å². The molecule has 72 valence electrons. The summed E-state index contributed by atoms with van der Waals surface area (Å²) in [5, 5.41) is 0.855. The minimum absolute atomic E-state index is 0.498. The molecule has 1 aliphatic rings. The molecule has 0 spiro atoms. The molecule has 14 heavy (non-hydrogen) atoms. The highest BCUT2D eigenvalue weighted by Gasteiger charge is 2.09. The van der Waals surface area contributed by atoms with Crippen LogP contribution in [0.1, 0.15) is 23.5 Å². The number of halogens is 1. The molecule has 1 aromatic rings. The monoisotopic (exact) mass is 204 g/mol. The quantitative estimate of drug-likeness (QED) is 0.645. The lowest BCUT2D eigenvalue weighted by atomic mass is 9.92. The Kier molecular flexibility index (Phi) is 2.74. The molecule has 0 N–H and O–H groups in total. The van der Waals surface area contributed by atoms with Crippen molar-refractivity contribution in [2.24, 2.45) is 0 Å². The molecule has 0 saturated heterocycles. The van der Waals surface area contributed by atoms with Crippen LogP contribution in [-0.2, 0) is 0 Å². The molecule has 0 aliphatic heterocycles. The molecule has 0 bridgehead atoms. The average molecular weight is 205 g/mol. The molecule has 0 radical (unpaired) electrons. The standard InChI is InChI=1S/C13H13Cl/c1-10-2-4-11(5-3-10)12-6-8-13(14)9-7-12/h2-6,8-9,12H,7H2,1H3. The Morgan fingerprint density at radius 3 is 2.50 bits per heavy atom. The summed E-state index contributed by atoms with van der Waals surface area (Å²) >= 11 is 5.87. The number of rotatable bonds is 1. The van der Waals surface area contributed by atoms with Crippen LogP contribution < -0.4 is 0 Å². The normalized spacial score (nSPS) is 20.7. The number of benzene rings is 1. The lowest BCUT2D eigenvalue weighted by molar-refractivity contribution is 0.851. The van der Waals surface area contributed by atoms with Crippen molar-refractivity contribution in [1.29, 1.82) is 0 Å². The third kappa shape index (κ3) is 2.08. The van der Waals surface area contributed by atoms with Gasteiger partial charge in [-0.1, -0.05) is 53.6 Å². The Morgan fingerprint density at radius 1 is 1.21 bits per heavy atom. The molecule has 1 heteroatoms. The number of hydrogen-bond acceptors (Lipinski definition) is 0. The maximum Gasteiger partial charge on any atom is 0.0363 e. The molecule has 0 saturated carbocycles. The summed E-state index contributed by atoms with van der Waals surface area (Å²) < 4.78 is 0. The van der Waals surface area contributed by atoms with Gasteiger partial charge < -0.3 is 0 Å². The summed E-state index contributed by atoms with van der Waals surface area (Å²) in [6.45, 7) is 2.11. The first-order valence-corrected chi connectivity index (χ1v) is 5.24. The van der Waals surface area contributed by atoms with Crippen LogP contribution in [-0.4, -0.2) is 0 Å². The lowest BCUT2D eigenvalue weighted by Crippen LogP contribution is -1.96. The maximum atomic E-state index is 5.87. The average Bonchev–Trinajstić information content (AvgIpc) is 2.21. The zero-order valence-electron chi connectivity index (χ0n) is 8.20. The van der Waals surface area contributed by atoms with Crippen molar-refractivity contribution < 1.29 is 0 Å². The molecule has 0 aromatic heterocycles. The van der Waals surface area contributed by atoms with E-state index in [4.69, 9.17) is 11.6 Å². The molecule has 2 rings (SSSR count). The first-order chi connectivity index (χ1) is 6.75. The fraction of sp³-hybridized carbons (Fsp3) is 0.231. The molecule has 1 aliphatic carbocycles. The molecular weight excluding hydrogens is 192 g/mol. The SMILES string of the molecule is Cc1ccc(C2C=CC(Cl)=CC2)cc1. The predicted octanol–water partition coefficient (Wildman–Crippen LogP) is 4.16. The second-order valence-corrected chi connectivity index (χ2v) is 4.14. The van der Waals surface area contributed by atoms with Crippen LogP contribution in [0.15, 0.2) is 47.5 Å². The first kappa shape index (κ1) is 9.54. The van der Waals surface area contributed by atoms with Gasteiger partial charge in [0.25, 0.3) is 0 Å². The highest BCUT2D eigenvalue weighted by Crippen LogP contribution is 2.27. The Bertz CT molecular complexity index is 371. The van der Waals surface area contributed by atoms with E-state index in [0.717, 1.165) is 11.5 Å². The highest BCUT2D eigenvalue weighted by atomic mass is 35.5. The third-order valence-electron chi connectivity index (χ3n) is 2.56. The second-order valence-electron chi connectivity index (χ2n) is 3.70. The van der Waals surface area contributed by atoms with E-state index < -0.39 is 0 Å². The number of allylic oxidation sites excluding steroid dienone is 4. The number of aryl methyl sites for hydroxylation is 1. The van der Waals surface area contributed by atoms with E-state index in [1.165, 1.54) is 11.1 Å². The van der Waals surface area contributed by atoms with Crippen LogP contribution in [0.2, 0.25) is 0 Å². The smallest absolute Gasteiger partial charge is 0.0363 e. The van der Waals surface area contributed by atoms with Gasteiger partial charge in [-0.3, -0.25) is 0 Å². The van der Waals surface area contributed by atoms with E-state index in [-0.39, 0.29) is 0 Å². The molecular formula is C13H13Cl. The van der Waals surface area contributed by atoms with Crippen LogP contribution in [0.4, 0.5) is 0 Å². The molecule has 0 heterocycles. The largest absolute Gasteiger partial charge is 0.0847 e. The van der Waals surface area contributed by atoms with Gasteiger partial charge in [-0.25, -0.2) is 0 Å².